The monoisotopic (exact) mass is 454 g/mol. The van der Waals surface area contributed by atoms with E-state index in [9.17, 15) is 14.4 Å². The van der Waals surface area contributed by atoms with Gasteiger partial charge in [-0.15, -0.1) is 0 Å². The number of methoxy groups -OCH3 is 2. The summed E-state index contributed by atoms with van der Waals surface area (Å²) in [5, 5.41) is 0.0572. The number of thioether (sulfide) groups is 1. The summed E-state index contributed by atoms with van der Waals surface area (Å²) in [6, 6.07) is 10.6. The SMILES string of the molecule is COc1cc2nc(COc3ccc(CC4SC(=O)CC4=O)cc3)n(C)c(=O)c2cc1OC. The molecule has 166 valence electrons. The van der Waals surface area contributed by atoms with E-state index in [4.69, 9.17) is 14.2 Å². The van der Waals surface area contributed by atoms with E-state index in [2.05, 4.69) is 4.98 Å². The van der Waals surface area contributed by atoms with Crippen LogP contribution in [0.5, 0.6) is 17.2 Å². The second-order valence-corrected chi connectivity index (χ2v) is 8.63. The van der Waals surface area contributed by atoms with E-state index in [0.717, 1.165) is 17.3 Å². The molecule has 1 aromatic heterocycles. The number of rotatable bonds is 7. The first-order valence-electron chi connectivity index (χ1n) is 9.95. The van der Waals surface area contributed by atoms with E-state index in [1.807, 2.05) is 12.1 Å². The van der Waals surface area contributed by atoms with E-state index in [0.29, 0.717) is 40.4 Å². The topological polar surface area (TPSA) is 96.7 Å². The summed E-state index contributed by atoms with van der Waals surface area (Å²) in [5.74, 6) is 2.01. The van der Waals surface area contributed by atoms with E-state index >= 15 is 0 Å². The molecule has 1 saturated heterocycles. The van der Waals surface area contributed by atoms with E-state index < -0.39 is 0 Å². The van der Waals surface area contributed by atoms with Crippen LogP contribution in [0, 0.1) is 0 Å². The van der Waals surface area contributed by atoms with Gasteiger partial charge in [-0.05, 0) is 30.2 Å². The zero-order valence-corrected chi connectivity index (χ0v) is 18.7. The zero-order chi connectivity index (χ0) is 22.8. The van der Waals surface area contributed by atoms with Crippen molar-refractivity contribution < 1.29 is 23.8 Å². The van der Waals surface area contributed by atoms with Gasteiger partial charge in [-0.25, -0.2) is 4.98 Å². The molecule has 2 heterocycles. The van der Waals surface area contributed by atoms with Crippen molar-refractivity contribution in [3.8, 4) is 17.2 Å². The maximum atomic E-state index is 12.8. The van der Waals surface area contributed by atoms with Gasteiger partial charge in [0, 0.05) is 13.1 Å². The first kappa shape index (κ1) is 21.9. The summed E-state index contributed by atoms with van der Waals surface area (Å²) in [4.78, 5) is 40.6. The summed E-state index contributed by atoms with van der Waals surface area (Å²) in [7, 11) is 4.68. The zero-order valence-electron chi connectivity index (χ0n) is 17.9. The molecule has 0 radical (unpaired) electrons. The molecule has 0 aliphatic carbocycles. The molecule has 8 nitrogen and oxygen atoms in total. The molecule has 4 rings (SSSR count). The highest BCUT2D eigenvalue weighted by molar-refractivity contribution is 8.15. The average molecular weight is 455 g/mol. The molecule has 0 bridgehead atoms. The van der Waals surface area contributed by atoms with E-state index in [1.165, 1.54) is 18.8 Å². The highest BCUT2D eigenvalue weighted by atomic mass is 32.2. The third kappa shape index (κ3) is 4.34. The Hall–Kier alpha value is -3.33. The fourth-order valence-corrected chi connectivity index (χ4v) is 4.57. The number of carbonyl (C=O) groups excluding carboxylic acids is 2. The Balaban J connectivity index is 1.50. The second kappa shape index (κ2) is 9.04. The number of ether oxygens (including phenoxy) is 3. The first-order valence-corrected chi connectivity index (χ1v) is 10.8. The molecular formula is C23H22N2O6S. The van der Waals surface area contributed by atoms with Crippen LogP contribution < -0.4 is 19.8 Å². The summed E-state index contributed by atoms with van der Waals surface area (Å²) in [6.07, 6.45) is 0.536. The van der Waals surface area contributed by atoms with Crippen molar-refractivity contribution in [3.63, 3.8) is 0 Å². The minimum absolute atomic E-state index is 0.0159. The number of hydrogen-bond acceptors (Lipinski definition) is 8. The van der Waals surface area contributed by atoms with E-state index in [-0.39, 0.29) is 34.7 Å². The van der Waals surface area contributed by atoms with Gasteiger partial charge in [-0.3, -0.25) is 19.0 Å². The highest BCUT2D eigenvalue weighted by Gasteiger charge is 2.31. The van der Waals surface area contributed by atoms with Gasteiger partial charge in [-0.1, -0.05) is 23.9 Å². The lowest BCUT2D eigenvalue weighted by Crippen LogP contribution is -2.23. The van der Waals surface area contributed by atoms with Gasteiger partial charge < -0.3 is 14.2 Å². The van der Waals surface area contributed by atoms with Gasteiger partial charge in [0.2, 0.25) is 0 Å². The quantitative estimate of drug-likeness (QED) is 0.503. The Morgan fingerprint density at radius 2 is 1.75 bits per heavy atom. The molecule has 0 spiro atoms. The lowest BCUT2D eigenvalue weighted by molar-refractivity contribution is -0.121. The Morgan fingerprint density at radius 1 is 1.06 bits per heavy atom. The van der Waals surface area contributed by atoms with E-state index in [1.54, 1.807) is 31.3 Å². The molecule has 3 aromatic rings. The van der Waals surface area contributed by atoms with Crippen molar-refractivity contribution in [1.82, 2.24) is 9.55 Å². The van der Waals surface area contributed by atoms with Crippen LogP contribution in [-0.4, -0.2) is 39.9 Å². The molecule has 2 aromatic carbocycles. The first-order chi connectivity index (χ1) is 15.4. The third-order valence-corrected chi connectivity index (χ3v) is 6.46. The smallest absolute Gasteiger partial charge is 0.261 e. The molecule has 1 aliphatic rings. The predicted octanol–water partition coefficient (Wildman–Crippen LogP) is 2.67. The lowest BCUT2D eigenvalue weighted by atomic mass is 10.1. The Bertz CT molecular complexity index is 1250. The number of aromatic nitrogens is 2. The van der Waals surface area contributed by atoms with Crippen LogP contribution in [0.3, 0.4) is 0 Å². The summed E-state index contributed by atoms with van der Waals surface area (Å²) < 4.78 is 17.9. The fraction of sp³-hybridized carbons (Fsp3) is 0.304. The second-order valence-electron chi connectivity index (χ2n) is 7.37. The van der Waals surface area contributed by atoms with Crippen molar-refractivity contribution in [2.75, 3.05) is 14.2 Å². The number of carbonyl (C=O) groups is 2. The fourth-order valence-electron chi connectivity index (χ4n) is 3.53. The highest BCUT2D eigenvalue weighted by Crippen LogP contribution is 2.30. The molecule has 9 heteroatoms. The molecule has 1 aliphatic heterocycles. The van der Waals surface area contributed by atoms with Crippen molar-refractivity contribution in [2.45, 2.75) is 24.7 Å². The van der Waals surface area contributed by atoms with Crippen LogP contribution in [-0.2, 0) is 29.7 Å². The van der Waals surface area contributed by atoms with Crippen molar-refractivity contribution in [3.05, 3.63) is 58.1 Å². The van der Waals surface area contributed by atoms with Gasteiger partial charge in [0.05, 0.1) is 36.8 Å². The number of benzene rings is 2. The van der Waals surface area contributed by atoms with Crippen molar-refractivity contribution in [2.24, 2.45) is 7.05 Å². The molecule has 32 heavy (non-hydrogen) atoms. The predicted molar refractivity (Wildman–Crippen MR) is 121 cm³/mol. The van der Waals surface area contributed by atoms with Crippen LogP contribution in [0.4, 0.5) is 0 Å². The van der Waals surface area contributed by atoms with Crippen LogP contribution in [0.15, 0.2) is 41.2 Å². The van der Waals surface area contributed by atoms with Crippen LogP contribution >= 0.6 is 11.8 Å². The molecule has 1 unspecified atom stereocenters. The molecule has 0 amide bonds. The number of nitrogens with zero attached hydrogens (tertiary/aromatic N) is 2. The molecular weight excluding hydrogens is 432 g/mol. The average Bonchev–Trinajstić information content (AvgIpc) is 3.11. The number of fused-ring (bicyclic) bond motifs is 1. The van der Waals surface area contributed by atoms with Gasteiger partial charge in [0.15, 0.2) is 22.4 Å². The third-order valence-electron chi connectivity index (χ3n) is 5.34. The minimum Gasteiger partial charge on any atom is -0.493 e. The summed E-state index contributed by atoms with van der Waals surface area (Å²) >= 11 is 1.11. The van der Waals surface area contributed by atoms with Gasteiger partial charge in [-0.2, -0.15) is 0 Å². The number of Topliss-reactive ketones (excluding diaryl/α,β-unsaturated/α-hetero) is 1. The Labute approximate surface area is 188 Å². The standard InChI is InChI=1S/C23H22N2O6S/c1-25-21(24-16-10-19(30-3)18(29-2)9-15(16)23(25)28)12-31-14-6-4-13(5-7-14)8-20-17(26)11-22(27)32-20/h4-7,9-10,20H,8,11-12H2,1-3H3. The largest absolute Gasteiger partial charge is 0.493 e. The molecule has 1 fully saturated rings. The molecule has 1 atom stereocenters. The normalized spacial score (nSPS) is 15.9. The van der Waals surface area contributed by atoms with Gasteiger partial charge in [0.25, 0.3) is 5.56 Å². The maximum absolute atomic E-state index is 12.8. The Morgan fingerprint density at radius 3 is 2.38 bits per heavy atom. The number of hydrogen-bond donors (Lipinski definition) is 0. The lowest BCUT2D eigenvalue weighted by Gasteiger charge is -2.13. The van der Waals surface area contributed by atoms with Gasteiger partial charge in [0.1, 0.15) is 18.2 Å². The minimum atomic E-state index is -0.304. The maximum Gasteiger partial charge on any atom is 0.261 e. The number of ketones is 1. The van der Waals surface area contributed by atoms with Crippen LogP contribution in [0.25, 0.3) is 10.9 Å². The van der Waals surface area contributed by atoms with Crippen LogP contribution in [0.2, 0.25) is 0 Å². The molecule has 0 saturated carbocycles. The Kier molecular flexibility index (Phi) is 6.18. The summed E-state index contributed by atoms with van der Waals surface area (Å²) in [6.45, 7) is 0.0981. The molecule has 0 N–H and O–H groups in total. The van der Waals surface area contributed by atoms with Crippen molar-refractivity contribution in [1.29, 1.82) is 0 Å². The van der Waals surface area contributed by atoms with Crippen molar-refractivity contribution >= 4 is 33.6 Å². The van der Waals surface area contributed by atoms with Crippen LogP contribution in [0.1, 0.15) is 17.8 Å². The van der Waals surface area contributed by atoms with Gasteiger partial charge >= 0.3 is 0 Å². The summed E-state index contributed by atoms with van der Waals surface area (Å²) in [5.41, 5.74) is 1.24.